The van der Waals surface area contributed by atoms with Gasteiger partial charge in [0, 0.05) is 0 Å². The maximum absolute atomic E-state index is 12.1. The first-order chi connectivity index (χ1) is 11.2. The summed E-state index contributed by atoms with van der Waals surface area (Å²) < 4.78 is 10.0. The normalized spacial score (nSPS) is 26.5. The number of carboxylic acids is 1. The van der Waals surface area contributed by atoms with Crippen LogP contribution in [-0.4, -0.2) is 71.0 Å². The van der Waals surface area contributed by atoms with Gasteiger partial charge in [-0.15, -0.1) is 0 Å². The summed E-state index contributed by atoms with van der Waals surface area (Å²) in [5.41, 5.74) is 6.00. The molecular weight excluding hydrogens is 320 g/mol. The minimum atomic E-state index is -1.22. The standard InChI is InChI=1S/C15H22N2O7/c1-6(18)10-9-4-8(12(14(20)21)17(9)13(10)19)5-24-7(2)11(16)15(22)23-3/h6-7,9-11,18H,4-5,16H2,1-3H3,(H,20,21). The van der Waals surface area contributed by atoms with Gasteiger partial charge in [0.15, 0.2) is 0 Å². The minimum absolute atomic E-state index is 0.0691. The lowest BCUT2D eigenvalue weighted by Gasteiger charge is -2.44. The number of aliphatic carboxylic acids is 1. The molecule has 0 radical (unpaired) electrons. The summed E-state index contributed by atoms with van der Waals surface area (Å²) in [6.07, 6.45) is -1.22. The zero-order valence-corrected chi connectivity index (χ0v) is 13.8. The van der Waals surface area contributed by atoms with E-state index in [2.05, 4.69) is 4.74 Å². The first-order valence-electron chi connectivity index (χ1n) is 7.62. The van der Waals surface area contributed by atoms with Crippen molar-refractivity contribution >= 4 is 17.8 Å². The number of aliphatic hydroxyl groups excluding tert-OH is 1. The third-order valence-corrected chi connectivity index (χ3v) is 4.52. The predicted molar refractivity (Wildman–Crippen MR) is 80.5 cm³/mol. The number of hydrogen-bond acceptors (Lipinski definition) is 7. The molecule has 0 saturated carbocycles. The van der Waals surface area contributed by atoms with E-state index in [4.69, 9.17) is 10.5 Å². The zero-order valence-electron chi connectivity index (χ0n) is 13.8. The summed E-state index contributed by atoms with van der Waals surface area (Å²) in [5, 5.41) is 19.0. The van der Waals surface area contributed by atoms with E-state index in [0.717, 1.165) is 0 Å². The number of carbonyl (C=O) groups excluding carboxylic acids is 2. The number of methoxy groups -OCH3 is 1. The van der Waals surface area contributed by atoms with Crippen LogP contribution in [0.4, 0.5) is 0 Å². The molecule has 24 heavy (non-hydrogen) atoms. The average molecular weight is 342 g/mol. The Balaban J connectivity index is 2.08. The number of hydrogen-bond donors (Lipinski definition) is 3. The van der Waals surface area contributed by atoms with Crippen molar-refractivity contribution in [2.45, 2.75) is 44.6 Å². The van der Waals surface area contributed by atoms with Gasteiger partial charge in [-0.05, 0) is 25.8 Å². The lowest BCUT2D eigenvalue weighted by Crippen LogP contribution is -2.61. The van der Waals surface area contributed by atoms with Crippen LogP contribution in [0.2, 0.25) is 0 Å². The second-order valence-corrected chi connectivity index (χ2v) is 6.07. The molecule has 0 aromatic rings. The summed E-state index contributed by atoms with van der Waals surface area (Å²) in [5.74, 6) is -2.86. The van der Waals surface area contributed by atoms with Crippen molar-refractivity contribution < 1.29 is 34.1 Å². The number of aliphatic hydroxyl groups is 1. The van der Waals surface area contributed by atoms with Crippen LogP contribution in [0.3, 0.4) is 0 Å². The van der Waals surface area contributed by atoms with Crippen LogP contribution in [0.5, 0.6) is 0 Å². The number of fused-ring (bicyclic) bond motifs is 1. The molecule has 2 rings (SSSR count). The van der Waals surface area contributed by atoms with Crippen LogP contribution in [-0.2, 0) is 23.9 Å². The van der Waals surface area contributed by atoms with Crippen LogP contribution in [0.15, 0.2) is 11.3 Å². The molecule has 2 heterocycles. The van der Waals surface area contributed by atoms with Gasteiger partial charge >= 0.3 is 11.9 Å². The van der Waals surface area contributed by atoms with Gasteiger partial charge in [0.25, 0.3) is 0 Å². The predicted octanol–water partition coefficient (Wildman–Crippen LogP) is -1.16. The van der Waals surface area contributed by atoms with Crippen molar-refractivity contribution in [1.82, 2.24) is 4.90 Å². The molecule has 0 spiro atoms. The topological polar surface area (TPSA) is 139 Å². The number of nitrogens with two attached hydrogens (primary N) is 1. The van der Waals surface area contributed by atoms with Gasteiger partial charge in [-0.1, -0.05) is 0 Å². The summed E-state index contributed by atoms with van der Waals surface area (Å²) in [6, 6.07) is -1.36. The van der Waals surface area contributed by atoms with Gasteiger partial charge in [-0.25, -0.2) is 4.79 Å². The number of esters is 1. The molecule has 0 aromatic heterocycles. The smallest absolute Gasteiger partial charge is 0.352 e. The third-order valence-electron chi connectivity index (χ3n) is 4.52. The molecule has 134 valence electrons. The van der Waals surface area contributed by atoms with E-state index >= 15 is 0 Å². The molecule has 1 amide bonds. The van der Waals surface area contributed by atoms with Gasteiger partial charge in [-0.2, -0.15) is 0 Å². The number of rotatable bonds is 7. The average Bonchev–Trinajstić information content (AvgIpc) is 2.85. The Bertz CT molecular complexity index is 586. The highest BCUT2D eigenvalue weighted by atomic mass is 16.5. The fourth-order valence-corrected chi connectivity index (χ4v) is 3.15. The number of nitrogens with zero attached hydrogens (tertiary/aromatic N) is 1. The molecular formula is C15H22N2O7. The van der Waals surface area contributed by atoms with Crippen molar-refractivity contribution in [2.75, 3.05) is 13.7 Å². The zero-order chi connectivity index (χ0) is 18.2. The van der Waals surface area contributed by atoms with Gasteiger partial charge in [0.2, 0.25) is 5.91 Å². The second-order valence-electron chi connectivity index (χ2n) is 6.07. The van der Waals surface area contributed by atoms with Crippen molar-refractivity contribution in [3.63, 3.8) is 0 Å². The number of amides is 1. The first-order valence-corrected chi connectivity index (χ1v) is 7.62. The fraction of sp³-hybridized carbons (Fsp3) is 0.667. The summed E-state index contributed by atoms with van der Waals surface area (Å²) in [7, 11) is 1.21. The van der Waals surface area contributed by atoms with E-state index in [1.165, 1.54) is 18.9 Å². The third kappa shape index (κ3) is 3.02. The van der Waals surface area contributed by atoms with Gasteiger partial charge < -0.3 is 30.3 Å². The quantitative estimate of drug-likeness (QED) is 0.389. The highest BCUT2D eigenvalue weighted by Crippen LogP contribution is 2.43. The van der Waals surface area contributed by atoms with E-state index < -0.39 is 42.0 Å². The Labute approximate surface area is 139 Å². The number of β-lactam (4-membered cyclic amide) rings is 1. The van der Waals surface area contributed by atoms with Crippen molar-refractivity contribution in [1.29, 1.82) is 0 Å². The fourth-order valence-electron chi connectivity index (χ4n) is 3.15. The Kier molecular flexibility index (Phi) is 5.26. The molecule has 5 atom stereocenters. The Hall–Kier alpha value is -1.97. The van der Waals surface area contributed by atoms with Crippen molar-refractivity contribution in [3.05, 3.63) is 11.3 Å². The molecule has 9 nitrogen and oxygen atoms in total. The van der Waals surface area contributed by atoms with E-state index in [1.807, 2.05) is 0 Å². The van der Waals surface area contributed by atoms with Crippen molar-refractivity contribution in [2.24, 2.45) is 11.7 Å². The molecule has 2 aliphatic heterocycles. The Morgan fingerprint density at radius 3 is 2.54 bits per heavy atom. The molecule has 5 unspecified atom stereocenters. The first kappa shape index (κ1) is 18.4. The molecule has 1 fully saturated rings. The Morgan fingerprint density at radius 2 is 2.04 bits per heavy atom. The number of carboxylic acid groups (broad SMARTS) is 1. The molecule has 0 aromatic carbocycles. The summed E-state index contributed by atoms with van der Waals surface area (Å²) in [6.45, 7) is 3.02. The van der Waals surface area contributed by atoms with E-state index in [0.29, 0.717) is 12.0 Å². The monoisotopic (exact) mass is 342 g/mol. The SMILES string of the molecule is COC(=O)C(N)C(C)OCC1=C(C(=O)O)N2C(=O)C(C(C)O)C2C1. The van der Waals surface area contributed by atoms with Gasteiger partial charge in [-0.3, -0.25) is 9.59 Å². The molecule has 1 saturated heterocycles. The van der Waals surface area contributed by atoms with Gasteiger partial charge in [0.1, 0.15) is 11.7 Å². The molecule has 4 N–H and O–H groups in total. The van der Waals surface area contributed by atoms with Crippen LogP contribution >= 0.6 is 0 Å². The van der Waals surface area contributed by atoms with Gasteiger partial charge in [0.05, 0.1) is 37.9 Å². The highest BCUT2D eigenvalue weighted by molar-refractivity contribution is 5.99. The van der Waals surface area contributed by atoms with Crippen LogP contribution < -0.4 is 5.73 Å². The number of ether oxygens (including phenoxy) is 2. The Morgan fingerprint density at radius 1 is 1.42 bits per heavy atom. The minimum Gasteiger partial charge on any atom is -0.477 e. The van der Waals surface area contributed by atoms with Crippen LogP contribution in [0.1, 0.15) is 20.3 Å². The number of carbonyl (C=O) groups is 3. The van der Waals surface area contributed by atoms with Crippen LogP contribution in [0.25, 0.3) is 0 Å². The highest BCUT2D eigenvalue weighted by Gasteiger charge is 2.56. The maximum atomic E-state index is 12.1. The molecule has 2 aliphatic rings. The van der Waals surface area contributed by atoms with E-state index in [1.54, 1.807) is 6.92 Å². The second kappa shape index (κ2) is 6.88. The van der Waals surface area contributed by atoms with Crippen LogP contribution in [0, 0.1) is 5.92 Å². The molecule has 0 aliphatic carbocycles. The largest absolute Gasteiger partial charge is 0.477 e. The lowest BCUT2D eigenvalue weighted by atomic mass is 9.83. The summed E-state index contributed by atoms with van der Waals surface area (Å²) in [4.78, 5) is 36.1. The lowest BCUT2D eigenvalue weighted by molar-refractivity contribution is -0.161. The summed E-state index contributed by atoms with van der Waals surface area (Å²) >= 11 is 0. The maximum Gasteiger partial charge on any atom is 0.352 e. The van der Waals surface area contributed by atoms with E-state index in [-0.39, 0.29) is 18.3 Å². The molecule has 0 bridgehead atoms. The molecule has 9 heteroatoms. The van der Waals surface area contributed by atoms with E-state index in [9.17, 15) is 24.6 Å². The van der Waals surface area contributed by atoms with Crippen molar-refractivity contribution in [3.8, 4) is 0 Å².